The Morgan fingerprint density at radius 2 is 1.97 bits per heavy atom. The average Bonchev–Trinajstić information content (AvgIpc) is 3.24. The molecule has 2 aromatic carbocycles. The van der Waals surface area contributed by atoms with Crippen LogP contribution in [0, 0.1) is 0 Å². The highest BCUT2D eigenvalue weighted by Crippen LogP contribution is 2.32. The van der Waals surface area contributed by atoms with E-state index < -0.39 is 0 Å². The zero-order valence-electron chi connectivity index (χ0n) is 18.6. The molecule has 0 saturated heterocycles. The highest BCUT2D eigenvalue weighted by Gasteiger charge is 2.16. The van der Waals surface area contributed by atoms with Gasteiger partial charge in [0.25, 0.3) is 5.89 Å². The zero-order valence-corrected chi connectivity index (χ0v) is 19.3. The van der Waals surface area contributed by atoms with Crippen molar-refractivity contribution in [1.29, 1.82) is 0 Å². The van der Waals surface area contributed by atoms with Gasteiger partial charge in [0.2, 0.25) is 5.82 Å². The molecule has 0 aliphatic carbocycles. The van der Waals surface area contributed by atoms with E-state index in [-0.39, 0.29) is 6.10 Å². The monoisotopic (exact) mass is 443 g/mol. The minimum Gasteiger partial charge on any atom is -0.494 e. The first-order valence-electron chi connectivity index (χ1n) is 10.7. The molecule has 1 heterocycles. The molecule has 6 nitrogen and oxygen atoms in total. The van der Waals surface area contributed by atoms with Crippen LogP contribution in [0.5, 0.6) is 11.5 Å². The molecular formula is C24H30ClN3O3. The first kappa shape index (κ1) is 23.1. The van der Waals surface area contributed by atoms with Gasteiger partial charge in [0.05, 0.1) is 17.7 Å². The Balaban J connectivity index is 1.75. The summed E-state index contributed by atoms with van der Waals surface area (Å²) >= 11 is 6.35. The third-order valence-electron chi connectivity index (χ3n) is 4.76. The summed E-state index contributed by atoms with van der Waals surface area (Å²) in [6.07, 6.45) is 2.99. The Bertz CT molecular complexity index is 988. The van der Waals surface area contributed by atoms with Gasteiger partial charge < -0.3 is 19.3 Å². The molecule has 1 aromatic heterocycles. The average molecular weight is 444 g/mol. The second-order valence-electron chi connectivity index (χ2n) is 7.57. The van der Waals surface area contributed by atoms with E-state index in [2.05, 4.69) is 28.4 Å². The second-order valence-corrected chi connectivity index (χ2v) is 7.97. The predicted octanol–water partition coefficient (Wildman–Crippen LogP) is 5.79. The molecule has 1 N–H and O–H groups in total. The molecule has 166 valence electrons. The summed E-state index contributed by atoms with van der Waals surface area (Å²) in [7, 11) is 1.96. The molecule has 0 bridgehead atoms. The number of aryl methyl sites for hydroxylation is 1. The summed E-state index contributed by atoms with van der Waals surface area (Å²) in [5.41, 5.74) is 2.80. The van der Waals surface area contributed by atoms with Crippen LogP contribution in [0.25, 0.3) is 22.8 Å². The lowest BCUT2D eigenvalue weighted by molar-refractivity contribution is 0.242. The predicted molar refractivity (Wildman–Crippen MR) is 124 cm³/mol. The topological polar surface area (TPSA) is 69.4 Å². The van der Waals surface area contributed by atoms with Crippen molar-refractivity contribution in [3.8, 4) is 34.3 Å². The maximum absolute atomic E-state index is 6.35. The smallest absolute Gasteiger partial charge is 0.258 e. The number of hydrogen-bond donors (Lipinski definition) is 1. The minimum atomic E-state index is 0.0473. The van der Waals surface area contributed by atoms with Gasteiger partial charge in [0, 0.05) is 11.1 Å². The number of nitrogens with one attached hydrogen (secondary N) is 1. The molecule has 0 amide bonds. The molecule has 31 heavy (non-hydrogen) atoms. The second kappa shape index (κ2) is 11.2. The fourth-order valence-corrected chi connectivity index (χ4v) is 3.42. The van der Waals surface area contributed by atoms with Gasteiger partial charge in [-0.1, -0.05) is 23.7 Å². The molecule has 3 rings (SSSR count). The summed E-state index contributed by atoms with van der Waals surface area (Å²) in [6.45, 7) is 7.72. The van der Waals surface area contributed by atoms with Gasteiger partial charge >= 0.3 is 0 Å². The van der Waals surface area contributed by atoms with Crippen molar-refractivity contribution < 1.29 is 14.0 Å². The van der Waals surface area contributed by atoms with E-state index in [1.807, 2.05) is 45.2 Å². The number of hydrogen-bond acceptors (Lipinski definition) is 6. The molecule has 0 atom stereocenters. The van der Waals surface area contributed by atoms with E-state index in [9.17, 15) is 0 Å². The van der Waals surface area contributed by atoms with Crippen LogP contribution in [0.4, 0.5) is 0 Å². The number of unbranched alkanes of at least 4 members (excludes halogenated alkanes) is 1. The largest absolute Gasteiger partial charge is 0.494 e. The lowest BCUT2D eigenvalue weighted by Crippen LogP contribution is -2.09. The summed E-state index contributed by atoms with van der Waals surface area (Å²) < 4.78 is 17.1. The Kier molecular flexibility index (Phi) is 8.32. The number of ether oxygens (including phenoxy) is 2. The van der Waals surface area contributed by atoms with E-state index in [0.29, 0.717) is 29.1 Å². The van der Waals surface area contributed by atoms with Crippen LogP contribution in [-0.2, 0) is 6.42 Å². The lowest BCUT2D eigenvalue weighted by Gasteiger charge is -2.11. The Labute approximate surface area is 188 Å². The Morgan fingerprint density at radius 3 is 2.68 bits per heavy atom. The van der Waals surface area contributed by atoms with E-state index >= 15 is 0 Å². The van der Waals surface area contributed by atoms with Crippen LogP contribution >= 0.6 is 11.6 Å². The van der Waals surface area contributed by atoms with Gasteiger partial charge in [-0.2, -0.15) is 4.98 Å². The molecule has 7 heteroatoms. The van der Waals surface area contributed by atoms with Gasteiger partial charge in [-0.25, -0.2) is 0 Å². The van der Waals surface area contributed by atoms with Crippen LogP contribution in [0.2, 0.25) is 5.02 Å². The molecule has 0 unspecified atom stereocenters. The van der Waals surface area contributed by atoms with Crippen molar-refractivity contribution in [3.05, 3.63) is 47.0 Å². The molecule has 3 aromatic rings. The van der Waals surface area contributed by atoms with Gasteiger partial charge in [-0.05, 0) is 88.7 Å². The minimum absolute atomic E-state index is 0.0473. The molecule has 0 aliphatic heterocycles. The first-order valence-corrected chi connectivity index (χ1v) is 11.1. The number of halogens is 1. The molecule has 0 spiro atoms. The third kappa shape index (κ3) is 6.21. The summed E-state index contributed by atoms with van der Waals surface area (Å²) in [6, 6.07) is 11.5. The van der Waals surface area contributed by atoms with E-state index in [4.69, 9.17) is 25.6 Å². The van der Waals surface area contributed by atoms with Crippen LogP contribution in [0.3, 0.4) is 0 Å². The van der Waals surface area contributed by atoms with E-state index in [0.717, 1.165) is 48.2 Å². The van der Waals surface area contributed by atoms with Crippen molar-refractivity contribution in [1.82, 2.24) is 15.5 Å². The quantitative estimate of drug-likeness (QED) is 0.378. The van der Waals surface area contributed by atoms with Crippen LogP contribution in [0.15, 0.2) is 40.9 Å². The van der Waals surface area contributed by atoms with Gasteiger partial charge in [0.1, 0.15) is 11.5 Å². The van der Waals surface area contributed by atoms with Crippen molar-refractivity contribution in [3.63, 3.8) is 0 Å². The highest BCUT2D eigenvalue weighted by molar-refractivity contribution is 6.32. The highest BCUT2D eigenvalue weighted by atomic mass is 35.5. The van der Waals surface area contributed by atoms with Crippen LogP contribution < -0.4 is 14.8 Å². The Hall–Kier alpha value is -2.57. The number of rotatable bonds is 11. The summed E-state index contributed by atoms with van der Waals surface area (Å²) in [5.74, 6) is 2.46. The zero-order chi connectivity index (χ0) is 22.2. The van der Waals surface area contributed by atoms with Crippen LogP contribution in [-0.4, -0.2) is 36.4 Å². The van der Waals surface area contributed by atoms with Crippen molar-refractivity contribution in [2.75, 3.05) is 20.2 Å². The molecule has 0 aliphatic rings. The standard InChI is InChI=1S/C24H30ClN3O3/c1-5-17-14-19(29-13-7-6-12-26-4)9-10-20(17)23-27-24(31-28-23)18-8-11-22(21(25)15-18)30-16(2)3/h8-11,14-16,26H,5-7,12-13H2,1-4H3. The lowest BCUT2D eigenvalue weighted by atomic mass is 10.0. The molecule has 0 fully saturated rings. The van der Waals surface area contributed by atoms with Gasteiger partial charge in [0.15, 0.2) is 0 Å². The van der Waals surface area contributed by atoms with E-state index in [1.54, 1.807) is 6.07 Å². The number of nitrogens with zero attached hydrogens (tertiary/aromatic N) is 2. The van der Waals surface area contributed by atoms with Crippen molar-refractivity contribution >= 4 is 11.6 Å². The SMILES string of the molecule is CCc1cc(OCCCCNC)ccc1-c1noc(-c2ccc(OC(C)C)c(Cl)c2)n1. The van der Waals surface area contributed by atoms with Crippen molar-refractivity contribution in [2.45, 2.75) is 46.1 Å². The van der Waals surface area contributed by atoms with Gasteiger partial charge in [-0.3, -0.25) is 0 Å². The third-order valence-corrected chi connectivity index (χ3v) is 5.05. The normalized spacial score (nSPS) is 11.2. The maximum atomic E-state index is 6.35. The number of benzene rings is 2. The Morgan fingerprint density at radius 1 is 1.13 bits per heavy atom. The first-order chi connectivity index (χ1) is 15.0. The molecule has 0 saturated carbocycles. The molecular weight excluding hydrogens is 414 g/mol. The van der Waals surface area contributed by atoms with Crippen molar-refractivity contribution in [2.24, 2.45) is 0 Å². The number of aromatic nitrogens is 2. The summed E-state index contributed by atoms with van der Waals surface area (Å²) in [4.78, 5) is 4.59. The molecule has 0 radical (unpaired) electrons. The fourth-order valence-electron chi connectivity index (χ4n) is 3.20. The van der Waals surface area contributed by atoms with E-state index in [1.165, 1.54) is 0 Å². The van der Waals surface area contributed by atoms with Crippen LogP contribution in [0.1, 0.15) is 39.2 Å². The fraction of sp³-hybridized carbons (Fsp3) is 0.417. The maximum Gasteiger partial charge on any atom is 0.258 e. The summed E-state index contributed by atoms with van der Waals surface area (Å²) in [5, 5.41) is 7.85. The van der Waals surface area contributed by atoms with Gasteiger partial charge in [-0.15, -0.1) is 0 Å².